The van der Waals surface area contributed by atoms with Gasteiger partial charge >= 0.3 is 0 Å². The van der Waals surface area contributed by atoms with Crippen LogP contribution in [0.15, 0.2) is 10.5 Å². The predicted octanol–water partition coefficient (Wildman–Crippen LogP) is 4.76. The van der Waals surface area contributed by atoms with Crippen LogP contribution in [0, 0.1) is 0 Å². The fraction of sp³-hybridized carbons (Fsp3) is 0.778. The first-order valence-electron chi connectivity index (χ1n) is 4.96. The van der Waals surface area contributed by atoms with Crippen LogP contribution in [0.4, 0.5) is 0 Å². The lowest BCUT2D eigenvalue weighted by molar-refractivity contribution is 1.68. The van der Waals surface area contributed by atoms with Gasteiger partial charge in [-0.05, 0) is 0 Å². The molecule has 0 nitrogen and oxygen atoms in total. The highest BCUT2D eigenvalue weighted by molar-refractivity contribution is 7.31. The topological polar surface area (TPSA) is 0 Å². The molecule has 0 aromatic rings. The summed E-state index contributed by atoms with van der Waals surface area (Å²) in [5.74, 6) is 0. The van der Waals surface area contributed by atoms with Crippen LogP contribution in [0.3, 0.4) is 0 Å². The minimum atomic E-state index is -1.69. The van der Waals surface area contributed by atoms with E-state index in [0.717, 1.165) is 0 Å². The van der Waals surface area contributed by atoms with Gasteiger partial charge in [0.05, 0.1) is 8.07 Å². The van der Waals surface area contributed by atoms with Crippen LogP contribution < -0.4 is 0 Å². The molecule has 0 aliphatic rings. The molecule has 0 saturated heterocycles. The molecule has 0 aliphatic carbocycles. The van der Waals surface area contributed by atoms with Crippen LogP contribution in [-0.4, -0.2) is 22.8 Å². The van der Waals surface area contributed by atoms with Gasteiger partial charge in [-0.3, -0.25) is 0 Å². The van der Waals surface area contributed by atoms with Crippen molar-refractivity contribution in [3.05, 3.63) is 10.5 Å². The third kappa shape index (κ3) is 5.76. The molecule has 0 radical (unpaired) electrons. The molecule has 0 amide bonds. The largest absolute Gasteiger partial charge is 0.172 e. The summed E-state index contributed by atoms with van der Waals surface area (Å²) >= 11 is 12.9. The van der Waals surface area contributed by atoms with Crippen molar-refractivity contribution in [2.24, 2.45) is 0 Å². The second-order valence-corrected chi connectivity index (χ2v) is 24.0. The number of halogens is 2. The van der Waals surface area contributed by atoms with Crippen molar-refractivity contribution in [2.75, 3.05) is 0 Å². The van der Waals surface area contributed by atoms with E-state index < -0.39 is 22.8 Å². The second-order valence-electron chi connectivity index (χ2n) is 5.84. The molecule has 0 spiro atoms. The first-order chi connectivity index (χ1) is 5.84. The summed E-state index contributed by atoms with van der Waals surface area (Å²) in [6.45, 7) is 15.8. The molecular weight excluding hydrogens is 263 g/mol. The van der Waals surface area contributed by atoms with Gasteiger partial charge in [0.15, 0.2) is 14.8 Å². The Morgan fingerprint density at radius 3 is 1.29 bits per heavy atom. The zero-order chi connectivity index (χ0) is 11.8. The molecule has 0 rings (SSSR count). The monoisotopic (exact) mass is 284 g/mol. The van der Waals surface area contributed by atoms with E-state index >= 15 is 0 Å². The fourth-order valence-corrected chi connectivity index (χ4v) is 18.6. The van der Waals surface area contributed by atoms with Gasteiger partial charge in [0.25, 0.3) is 0 Å². The SMILES string of the molecule is C[Si](C)(Cl)/C=C(\[Si](C)(C)C)[Si](C)(C)Cl. The Bertz CT molecular complexity index is 212. The fourth-order valence-electron chi connectivity index (χ4n) is 1.62. The standard InChI is InChI=1S/C9H22Cl2Si3/c1-12(2,3)9(14(6,7)11)8-13(4,5)10/h8H,1-7H3/b9-8+. The zero-order valence-electron chi connectivity index (χ0n) is 10.3. The summed E-state index contributed by atoms with van der Waals surface area (Å²) < 4.78 is 0. The maximum Gasteiger partial charge on any atom is 0.172 e. The molecule has 0 saturated carbocycles. The van der Waals surface area contributed by atoms with Gasteiger partial charge in [-0.15, -0.1) is 0 Å². The molecule has 0 bridgehead atoms. The van der Waals surface area contributed by atoms with Crippen LogP contribution >= 0.6 is 22.2 Å². The lowest BCUT2D eigenvalue weighted by Crippen LogP contribution is -2.40. The van der Waals surface area contributed by atoms with Gasteiger partial charge in [0, 0.05) is 0 Å². The third-order valence-corrected chi connectivity index (χ3v) is 12.2. The molecule has 5 heteroatoms. The van der Waals surface area contributed by atoms with Crippen LogP contribution in [0.25, 0.3) is 0 Å². The van der Waals surface area contributed by atoms with Crippen LogP contribution in [0.1, 0.15) is 0 Å². The van der Waals surface area contributed by atoms with Crippen molar-refractivity contribution >= 4 is 45.0 Å². The Morgan fingerprint density at radius 1 is 0.857 bits per heavy atom. The number of rotatable bonds is 3. The molecule has 0 atom stereocenters. The van der Waals surface area contributed by atoms with Crippen molar-refractivity contribution in [1.82, 2.24) is 0 Å². The Hall–Kier alpha value is 0.971. The highest BCUT2D eigenvalue weighted by atomic mass is 35.6. The maximum atomic E-state index is 6.56. The highest BCUT2D eigenvalue weighted by Gasteiger charge is 2.35. The smallest absolute Gasteiger partial charge is 0.162 e. The summed E-state index contributed by atoms with van der Waals surface area (Å²) in [5.41, 5.74) is 2.33. The average molecular weight is 285 g/mol. The van der Waals surface area contributed by atoms with Gasteiger partial charge in [-0.2, -0.15) is 22.2 Å². The quantitative estimate of drug-likeness (QED) is 0.518. The highest BCUT2D eigenvalue weighted by Crippen LogP contribution is 2.30. The molecule has 0 unspecified atom stereocenters. The van der Waals surface area contributed by atoms with E-state index in [9.17, 15) is 0 Å². The molecule has 0 aromatic carbocycles. The van der Waals surface area contributed by atoms with E-state index in [1.807, 2.05) is 0 Å². The van der Waals surface area contributed by atoms with Crippen molar-refractivity contribution in [2.45, 2.75) is 45.8 Å². The van der Waals surface area contributed by atoms with Crippen molar-refractivity contribution < 1.29 is 0 Å². The van der Waals surface area contributed by atoms with E-state index in [4.69, 9.17) is 22.2 Å². The summed E-state index contributed by atoms with van der Waals surface area (Å²) in [5, 5.41) is 0. The summed E-state index contributed by atoms with van der Waals surface area (Å²) in [4.78, 5) is 1.53. The molecule has 14 heavy (non-hydrogen) atoms. The minimum Gasteiger partial charge on any atom is -0.162 e. The lowest BCUT2D eigenvalue weighted by Gasteiger charge is -2.31. The van der Waals surface area contributed by atoms with Crippen molar-refractivity contribution in [1.29, 1.82) is 0 Å². The molecule has 84 valence electrons. The van der Waals surface area contributed by atoms with E-state index in [-0.39, 0.29) is 0 Å². The van der Waals surface area contributed by atoms with E-state index in [0.29, 0.717) is 0 Å². The van der Waals surface area contributed by atoms with E-state index in [1.165, 1.54) is 4.82 Å². The molecular formula is C9H22Cl2Si3. The maximum absolute atomic E-state index is 6.56. The van der Waals surface area contributed by atoms with Crippen LogP contribution in [0.5, 0.6) is 0 Å². The summed E-state index contributed by atoms with van der Waals surface area (Å²) in [7, 11) is -4.62. The minimum absolute atomic E-state index is 1.29. The molecule has 0 N–H and O–H groups in total. The van der Waals surface area contributed by atoms with Crippen LogP contribution in [-0.2, 0) is 0 Å². The van der Waals surface area contributed by atoms with Gasteiger partial charge < -0.3 is 0 Å². The molecule has 0 fully saturated rings. The Kier molecular flexibility index (Phi) is 4.76. The van der Waals surface area contributed by atoms with E-state index in [2.05, 4.69) is 51.5 Å². The van der Waals surface area contributed by atoms with Gasteiger partial charge in [-0.25, -0.2) is 0 Å². The Labute approximate surface area is 101 Å². The predicted molar refractivity (Wildman–Crippen MR) is 78.1 cm³/mol. The average Bonchev–Trinajstić information content (AvgIpc) is 1.75. The van der Waals surface area contributed by atoms with Gasteiger partial charge in [-0.1, -0.05) is 56.3 Å². The Balaban J connectivity index is 5.26. The zero-order valence-corrected chi connectivity index (χ0v) is 14.8. The van der Waals surface area contributed by atoms with Crippen molar-refractivity contribution in [3.63, 3.8) is 0 Å². The molecule has 0 aromatic heterocycles. The molecule has 0 aliphatic heterocycles. The van der Waals surface area contributed by atoms with Gasteiger partial charge in [0.1, 0.15) is 0 Å². The number of hydrogen-bond donors (Lipinski definition) is 0. The lowest BCUT2D eigenvalue weighted by atomic mass is 11.2. The Morgan fingerprint density at radius 2 is 1.21 bits per heavy atom. The first-order valence-corrected chi connectivity index (χ1v) is 16.6. The first kappa shape index (κ1) is 15.0. The van der Waals surface area contributed by atoms with Gasteiger partial charge in [0.2, 0.25) is 0 Å². The summed E-state index contributed by atoms with van der Waals surface area (Å²) in [6, 6.07) is 0. The second kappa shape index (κ2) is 4.45. The van der Waals surface area contributed by atoms with Crippen LogP contribution in [0.2, 0.25) is 45.8 Å². The van der Waals surface area contributed by atoms with E-state index in [1.54, 1.807) is 0 Å². The molecule has 0 heterocycles. The summed E-state index contributed by atoms with van der Waals surface area (Å²) in [6.07, 6.45) is 0. The normalized spacial score (nSPS) is 15.9. The number of hydrogen-bond acceptors (Lipinski definition) is 0. The van der Waals surface area contributed by atoms with Crippen molar-refractivity contribution in [3.8, 4) is 0 Å². The third-order valence-electron chi connectivity index (χ3n) is 1.94.